The van der Waals surface area contributed by atoms with E-state index in [1.807, 2.05) is 0 Å². The molecule has 0 aliphatic heterocycles. The lowest BCUT2D eigenvalue weighted by Gasteiger charge is -2.04. The van der Waals surface area contributed by atoms with Crippen LogP contribution in [0, 0.1) is 17.0 Å². The molecule has 1 aromatic heterocycles. The third-order valence-electron chi connectivity index (χ3n) is 1.59. The number of aryl methyl sites for hydroxylation is 1. The van der Waals surface area contributed by atoms with Gasteiger partial charge in [-0.05, 0) is 13.0 Å². The zero-order chi connectivity index (χ0) is 10.9. The van der Waals surface area contributed by atoms with E-state index in [2.05, 4.69) is 4.98 Å². The quantitative estimate of drug-likeness (QED) is 0.587. The lowest BCUT2D eigenvalue weighted by Crippen LogP contribution is -2.04. The number of pyridine rings is 1. The molecule has 0 fully saturated rings. The molecule has 0 aliphatic carbocycles. The molecule has 1 aromatic rings. The second-order valence-corrected chi connectivity index (χ2v) is 2.64. The van der Waals surface area contributed by atoms with E-state index in [-0.39, 0.29) is 5.69 Å². The predicted molar refractivity (Wildman–Crippen MR) is 45.0 cm³/mol. The van der Waals surface area contributed by atoms with Crippen molar-refractivity contribution in [3.63, 3.8) is 0 Å². The summed E-state index contributed by atoms with van der Waals surface area (Å²) in [4.78, 5) is 13.0. The predicted octanol–water partition coefficient (Wildman–Crippen LogP) is 1.82. The number of nitrogens with two attached hydrogens (primary N) is 1. The Bertz CT molecular complexity index is 381. The van der Waals surface area contributed by atoms with E-state index < -0.39 is 28.4 Å². The minimum atomic E-state index is -2.93. The van der Waals surface area contributed by atoms with Crippen LogP contribution in [0.5, 0.6) is 0 Å². The SMILES string of the molecule is Cc1cc(C(F)F)c([N+](=O)[O-])c(N)n1. The van der Waals surface area contributed by atoms with E-state index in [0.29, 0.717) is 0 Å². The van der Waals surface area contributed by atoms with Crippen LogP contribution < -0.4 is 5.73 Å². The lowest BCUT2D eigenvalue weighted by atomic mass is 10.2. The number of anilines is 1. The molecule has 76 valence electrons. The molecule has 0 atom stereocenters. The fourth-order valence-corrected chi connectivity index (χ4v) is 1.08. The summed E-state index contributed by atoms with van der Waals surface area (Å²) in [7, 11) is 0. The molecule has 0 radical (unpaired) electrons. The zero-order valence-electron chi connectivity index (χ0n) is 7.20. The van der Waals surface area contributed by atoms with Crippen molar-refractivity contribution in [3.05, 3.63) is 27.4 Å². The van der Waals surface area contributed by atoms with E-state index in [1.54, 1.807) is 0 Å². The molecule has 0 unspecified atom stereocenters. The highest BCUT2D eigenvalue weighted by molar-refractivity contribution is 5.58. The van der Waals surface area contributed by atoms with Gasteiger partial charge in [-0.15, -0.1) is 0 Å². The average Bonchev–Trinajstić information content (AvgIpc) is 2.01. The van der Waals surface area contributed by atoms with Crippen molar-refractivity contribution in [2.75, 3.05) is 5.73 Å². The Hall–Kier alpha value is -1.79. The number of nitro groups is 1. The molecule has 5 nitrogen and oxygen atoms in total. The third kappa shape index (κ3) is 1.76. The maximum atomic E-state index is 12.4. The molecule has 0 spiro atoms. The average molecular weight is 203 g/mol. The number of aromatic nitrogens is 1. The Morgan fingerprint density at radius 3 is 2.64 bits per heavy atom. The second-order valence-electron chi connectivity index (χ2n) is 2.64. The van der Waals surface area contributed by atoms with Crippen LogP contribution in [0.15, 0.2) is 6.07 Å². The summed E-state index contributed by atoms with van der Waals surface area (Å²) in [6, 6.07) is 0.958. The molecule has 2 N–H and O–H groups in total. The van der Waals surface area contributed by atoms with Gasteiger partial charge >= 0.3 is 5.69 Å². The van der Waals surface area contributed by atoms with E-state index in [9.17, 15) is 18.9 Å². The maximum absolute atomic E-state index is 12.4. The van der Waals surface area contributed by atoms with Crippen molar-refractivity contribution in [3.8, 4) is 0 Å². The van der Waals surface area contributed by atoms with Gasteiger partial charge < -0.3 is 5.73 Å². The number of halogens is 2. The van der Waals surface area contributed by atoms with Crippen LogP contribution in [0.25, 0.3) is 0 Å². The van der Waals surface area contributed by atoms with Gasteiger partial charge in [0, 0.05) is 5.69 Å². The fraction of sp³-hybridized carbons (Fsp3) is 0.286. The smallest absolute Gasteiger partial charge is 0.320 e. The van der Waals surface area contributed by atoms with Gasteiger partial charge in [0.05, 0.1) is 4.92 Å². The van der Waals surface area contributed by atoms with Crippen LogP contribution in [-0.2, 0) is 0 Å². The van der Waals surface area contributed by atoms with Gasteiger partial charge in [-0.3, -0.25) is 10.1 Å². The molecule has 1 rings (SSSR count). The number of nitrogens with zero attached hydrogens (tertiary/aromatic N) is 2. The van der Waals surface area contributed by atoms with Gasteiger partial charge in [-0.2, -0.15) is 0 Å². The standard InChI is InChI=1S/C7H7F2N3O2/c1-3-2-4(6(8)9)5(12(13)14)7(10)11-3/h2,6H,1H3,(H2,10,11). The van der Waals surface area contributed by atoms with Crippen LogP contribution in [0.4, 0.5) is 20.3 Å². The number of rotatable bonds is 2. The topological polar surface area (TPSA) is 82.0 Å². The molecule has 0 saturated heterocycles. The van der Waals surface area contributed by atoms with Crippen LogP contribution in [-0.4, -0.2) is 9.91 Å². The van der Waals surface area contributed by atoms with Gasteiger partial charge in [0.25, 0.3) is 6.43 Å². The normalized spacial score (nSPS) is 10.6. The first-order chi connectivity index (χ1) is 6.43. The molecule has 14 heavy (non-hydrogen) atoms. The van der Waals surface area contributed by atoms with E-state index in [1.165, 1.54) is 6.92 Å². The van der Waals surface area contributed by atoms with Gasteiger partial charge in [-0.1, -0.05) is 0 Å². The van der Waals surface area contributed by atoms with Crippen LogP contribution in [0.3, 0.4) is 0 Å². The Morgan fingerprint density at radius 2 is 2.21 bits per heavy atom. The number of hydrogen-bond acceptors (Lipinski definition) is 4. The number of alkyl halides is 2. The molecule has 0 aromatic carbocycles. The summed E-state index contributed by atoms with van der Waals surface area (Å²) >= 11 is 0. The van der Waals surface area contributed by atoms with E-state index in [0.717, 1.165) is 6.07 Å². The minimum Gasteiger partial charge on any atom is -0.378 e. The first-order valence-corrected chi connectivity index (χ1v) is 3.63. The first kappa shape index (κ1) is 10.3. The number of nitrogen functional groups attached to an aromatic ring is 1. The highest BCUT2D eigenvalue weighted by Gasteiger charge is 2.26. The third-order valence-corrected chi connectivity index (χ3v) is 1.59. The van der Waals surface area contributed by atoms with Gasteiger partial charge in [0.15, 0.2) is 0 Å². The monoisotopic (exact) mass is 203 g/mol. The van der Waals surface area contributed by atoms with Crippen molar-refractivity contribution in [2.24, 2.45) is 0 Å². The Labute approximate surface area is 77.7 Å². The molecule has 7 heteroatoms. The summed E-state index contributed by atoms with van der Waals surface area (Å²) < 4.78 is 24.7. The van der Waals surface area contributed by atoms with Crippen molar-refractivity contribution < 1.29 is 13.7 Å². The molecular formula is C7H7F2N3O2. The molecular weight excluding hydrogens is 196 g/mol. The largest absolute Gasteiger partial charge is 0.378 e. The summed E-state index contributed by atoms with van der Waals surface area (Å²) in [5, 5.41) is 10.4. The Kier molecular flexibility index (Phi) is 2.59. The first-order valence-electron chi connectivity index (χ1n) is 3.63. The molecule has 0 aliphatic rings. The molecule has 1 heterocycles. The lowest BCUT2D eigenvalue weighted by molar-refractivity contribution is -0.385. The molecule has 0 bridgehead atoms. The minimum absolute atomic E-state index is 0.225. The fourth-order valence-electron chi connectivity index (χ4n) is 1.08. The van der Waals surface area contributed by atoms with E-state index >= 15 is 0 Å². The summed E-state index contributed by atoms with van der Waals surface area (Å²) in [5.74, 6) is -0.481. The van der Waals surface area contributed by atoms with Gasteiger partial charge in [0.1, 0.15) is 5.56 Å². The maximum Gasteiger partial charge on any atom is 0.320 e. The summed E-state index contributed by atoms with van der Waals surface area (Å²) in [6.45, 7) is 1.44. The van der Waals surface area contributed by atoms with Crippen LogP contribution >= 0.6 is 0 Å². The van der Waals surface area contributed by atoms with Crippen molar-refractivity contribution in [1.29, 1.82) is 0 Å². The summed E-state index contributed by atoms with van der Waals surface area (Å²) in [5.41, 5.74) is 3.89. The Morgan fingerprint density at radius 1 is 1.64 bits per heavy atom. The molecule has 0 saturated carbocycles. The van der Waals surface area contributed by atoms with Crippen LogP contribution in [0.2, 0.25) is 0 Å². The van der Waals surface area contributed by atoms with Crippen molar-refractivity contribution >= 4 is 11.5 Å². The van der Waals surface area contributed by atoms with E-state index in [4.69, 9.17) is 5.73 Å². The summed E-state index contributed by atoms with van der Waals surface area (Å²) in [6.07, 6.45) is -2.93. The van der Waals surface area contributed by atoms with Gasteiger partial charge in [0.2, 0.25) is 5.82 Å². The number of hydrogen-bond donors (Lipinski definition) is 1. The zero-order valence-corrected chi connectivity index (χ0v) is 7.20. The second kappa shape index (κ2) is 3.52. The highest BCUT2D eigenvalue weighted by Crippen LogP contribution is 2.32. The van der Waals surface area contributed by atoms with Crippen molar-refractivity contribution in [1.82, 2.24) is 4.98 Å². The highest BCUT2D eigenvalue weighted by atomic mass is 19.3. The van der Waals surface area contributed by atoms with Crippen LogP contribution in [0.1, 0.15) is 17.7 Å². The Balaban J connectivity index is 3.44. The molecule has 0 amide bonds. The van der Waals surface area contributed by atoms with Crippen molar-refractivity contribution in [2.45, 2.75) is 13.3 Å². The van der Waals surface area contributed by atoms with Gasteiger partial charge in [-0.25, -0.2) is 13.8 Å².